The summed E-state index contributed by atoms with van der Waals surface area (Å²) in [5.41, 5.74) is 8.92. The Morgan fingerprint density at radius 1 is 1.12 bits per heavy atom. The van der Waals surface area contributed by atoms with Crippen molar-refractivity contribution in [2.45, 2.75) is 13.8 Å². The first kappa shape index (κ1) is 16.1. The lowest BCUT2D eigenvalue weighted by Crippen LogP contribution is -1.86. The van der Waals surface area contributed by atoms with Crippen LogP contribution in [0.3, 0.4) is 0 Å². The summed E-state index contributed by atoms with van der Waals surface area (Å²) in [6.45, 7) is 4.00. The molecule has 7 heteroatoms. The lowest BCUT2D eigenvalue weighted by atomic mass is 10.1. The van der Waals surface area contributed by atoms with Crippen molar-refractivity contribution < 1.29 is 4.39 Å². The molecule has 1 aromatic carbocycles. The zero-order valence-corrected chi connectivity index (χ0v) is 14.1. The molecule has 0 bridgehead atoms. The Balaban J connectivity index is 0.000000815. The normalized spacial score (nSPS) is 10.5. The van der Waals surface area contributed by atoms with Gasteiger partial charge in [0.1, 0.15) is 5.01 Å². The quantitative estimate of drug-likeness (QED) is 0.526. The molecule has 0 radical (unpaired) electrons. The molecule has 4 rings (SSSR count). The number of aromatic nitrogens is 4. The van der Waals surface area contributed by atoms with Gasteiger partial charge in [-0.1, -0.05) is 31.3 Å². The van der Waals surface area contributed by atoms with E-state index in [0.717, 1.165) is 27.0 Å². The second kappa shape index (κ2) is 6.76. The number of benzene rings is 1. The van der Waals surface area contributed by atoms with E-state index in [2.05, 4.69) is 20.2 Å². The van der Waals surface area contributed by atoms with Gasteiger partial charge in [0, 0.05) is 28.2 Å². The highest BCUT2D eigenvalue weighted by molar-refractivity contribution is 7.18. The molecule has 0 amide bonds. The number of anilines is 1. The third-order valence-electron chi connectivity index (χ3n) is 3.36. The molecule has 0 saturated heterocycles. The summed E-state index contributed by atoms with van der Waals surface area (Å²) >= 11 is 1.33. The third-order valence-corrected chi connectivity index (χ3v) is 4.16. The number of H-pyrrole nitrogens is 1. The van der Waals surface area contributed by atoms with E-state index in [1.54, 1.807) is 12.1 Å². The number of hydrogen-bond donors (Lipinski definition) is 2. The summed E-state index contributed by atoms with van der Waals surface area (Å²) in [7, 11) is 0. The molecular weight excluding hydrogens is 325 g/mol. The Morgan fingerprint density at radius 2 is 1.96 bits per heavy atom. The maximum atomic E-state index is 13.4. The van der Waals surface area contributed by atoms with Gasteiger partial charge in [0.05, 0.1) is 5.69 Å². The molecular formula is C17H16FN5S. The van der Waals surface area contributed by atoms with Gasteiger partial charge in [-0.05, 0) is 30.3 Å². The molecule has 3 N–H and O–H groups in total. The standard InChI is InChI=1S/C15H10FN5S.C2H6/c16-13-3-1-2-12(19-13)10-7-18-11-5-4-8(6-9(10)11)14-20-21-15(17)22-14;1-2/h1-7,18H,(H2,17,21);1-2H3. The molecule has 3 heterocycles. The molecule has 0 aliphatic heterocycles. The van der Waals surface area contributed by atoms with Crippen LogP contribution in [0.4, 0.5) is 9.52 Å². The highest BCUT2D eigenvalue weighted by Crippen LogP contribution is 2.32. The fraction of sp³-hybridized carbons (Fsp3) is 0.118. The van der Waals surface area contributed by atoms with Crippen molar-refractivity contribution in [2.24, 2.45) is 0 Å². The smallest absolute Gasteiger partial charge is 0.213 e. The summed E-state index contributed by atoms with van der Waals surface area (Å²) in [5, 5.41) is 10.0. The fourth-order valence-electron chi connectivity index (χ4n) is 2.38. The lowest BCUT2D eigenvalue weighted by molar-refractivity contribution is 0.585. The molecule has 3 aromatic heterocycles. The molecule has 4 aromatic rings. The lowest BCUT2D eigenvalue weighted by Gasteiger charge is -2.01. The van der Waals surface area contributed by atoms with Crippen LogP contribution in [0.15, 0.2) is 42.6 Å². The molecule has 0 atom stereocenters. The van der Waals surface area contributed by atoms with Crippen LogP contribution in [0, 0.1) is 5.95 Å². The Morgan fingerprint density at radius 3 is 2.67 bits per heavy atom. The van der Waals surface area contributed by atoms with Crippen molar-refractivity contribution in [3.8, 4) is 21.8 Å². The first-order valence-electron chi connectivity index (χ1n) is 7.54. The Kier molecular flexibility index (Phi) is 4.52. The number of nitrogens with one attached hydrogen (secondary N) is 1. The molecule has 5 nitrogen and oxygen atoms in total. The second-order valence-corrected chi connectivity index (χ2v) is 5.76. The number of nitrogens with zero attached hydrogens (tertiary/aromatic N) is 3. The van der Waals surface area contributed by atoms with Crippen LogP contribution in [-0.2, 0) is 0 Å². The Labute approximate surface area is 142 Å². The van der Waals surface area contributed by atoms with E-state index in [9.17, 15) is 4.39 Å². The average molecular weight is 341 g/mol. The predicted octanol–water partition coefficient (Wildman–Crippen LogP) is 4.50. The van der Waals surface area contributed by atoms with Gasteiger partial charge in [-0.25, -0.2) is 4.98 Å². The number of pyridine rings is 1. The first-order chi connectivity index (χ1) is 11.7. The minimum Gasteiger partial charge on any atom is -0.374 e. The van der Waals surface area contributed by atoms with Gasteiger partial charge in [-0.3, -0.25) is 0 Å². The van der Waals surface area contributed by atoms with Crippen molar-refractivity contribution in [3.63, 3.8) is 0 Å². The fourth-order valence-corrected chi connectivity index (χ4v) is 2.98. The van der Waals surface area contributed by atoms with Crippen molar-refractivity contribution in [3.05, 3.63) is 48.5 Å². The first-order valence-corrected chi connectivity index (χ1v) is 8.36. The number of nitrogen functional groups attached to an aromatic ring is 1. The van der Waals surface area contributed by atoms with Crippen molar-refractivity contribution >= 4 is 27.4 Å². The van der Waals surface area contributed by atoms with E-state index in [4.69, 9.17) is 5.73 Å². The summed E-state index contributed by atoms with van der Waals surface area (Å²) in [6, 6.07) is 10.6. The van der Waals surface area contributed by atoms with Gasteiger partial charge in [-0.2, -0.15) is 4.39 Å². The number of halogens is 1. The van der Waals surface area contributed by atoms with Gasteiger partial charge in [0.2, 0.25) is 11.1 Å². The Hall–Kier alpha value is -2.80. The van der Waals surface area contributed by atoms with Crippen LogP contribution < -0.4 is 5.73 Å². The number of nitrogens with two attached hydrogens (primary N) is 1. The molecule has 0 aliphatic carbocycles. The van der Waals surface area contributed by atoms with Crippen LogP contribution >= 0.6 is 11.3 Å². The minimum atomic E-state index is -0.500. The van der Waals surface area contributed by atoms with E-state index in [0.29, 0.717) is 10.8 Å². The van der Waals surface area contributed by atoms with Gasteiger partial charge in [-0.15, -0.1) is 10.2 Å². The minimum absolute atomic E-state index is 0.427. The summed E-state index contributed by atoms with van der Waals surface area (Å²) in [4.78, 5) is 7.11. The summed E-state index contributed by atoms with van der Waals surface area (Å²) < 4.78 is 13.4. The second-order valence-electron chi connectivity index (χ2n) is 4.75. The van der Waals surface area contributed by atoms with Crippen LogP contribution in [0.5, 0.6) is 0 Å². The average Bonchev–Trinajstić information content (AvgIpc) is 3.22. The van der Waals surface area contributed by atoms with Gasteiger partial charge >= 0.3 is 0 Å². The molecule has 0 saturated carbocycles. The van der Waals surface area contributed by atoms with E-state index in [1.807, 2.05) is 38.2 Å². The molecule has 0 spiro atoms. The van der Waals surface area contributed by atoms with E-state index < -0.39 is 5.95 Å². The summed E-state index contributed by atoms with van der Waals surface area (Å²) in [5.74, 6) is -0.500. The van der Waals surface area contributed by atoms with Crippen molar-refractivity contribution in [2.75, 3.05) is 5.73 Å². The zero-order chi connectivity index (χ0) is 17.1. The van der Waals surface area contributed by atoms with E-state index >= 15 is 0 Å². The number of hydrogen-bond acceptors (Lipinski definition) is 5. The van der Waals surface area contributed by atoms with Crippen molar-refractivity contribution in [1.29, 1.82) is 0 Å². The van der Waals surface area contributed by atoms with Gasteiger partial charge < -0.3 is 10.7 Å². The third kappa shape index (κ3) is 2.98. The molecule has 0 unspecified atom stereocenters. The van der Waals surface area contributed by atoms with Crippen molar-refractivity contribution in [1.82, 2.24) is 20.2 Å². The predicted molar refractivity (Wildman–Crippen MR) is 96.2 cm³/mol. The summed E-state index contributed by atoms with van der Waals surface area (Å²) in [6.07, 6.45) is 1.82. The molecule has 0 fully saturated rings. The number of aromatic amines is 1. The maximum absolute atomic E-state index is 13.4. The molecule has 0 aliphatic rings. The largest absolute Gasteiger partial charge is 0.374 e. The molecule has 24 heavy (non-hydrogen) atoms. The van der Waals surface area contributed by atoms with Gasteiger partial charge in [0.25, 0.3) is 0 Å². The highest BCUT2D eigenvalue weighted by atomic mass is 32.1. The monoisotopic (exact) mass is 341 g/mol. The Bertz CT molecular complexity index is 976. The van der Waals surface area contributed by atoms with E-state index in [-0.39, 0.29) is 0 Å². The maximum Gasteiger partial charge on any atom is 0.213 e. The molecule has 122 valence electrons. The SMILES string of the molecule is CC.Nc1nnc(-c2ccc3[nH]cc(-c4cccc(F)n4)c3c2)s1. The van der Waals surface area contributed by atoms with E-state index in [1.165, 1.54) is 17.4 Å². The van der Waals surface area contributed by atoms with Crippen LogP contribution in [-0.4, -0.2) is 20.2 Å². The van der Waals surface area contributed by atoms with Gasteiger partial charge in [0.15, 0.2) is 0 Å². The topological polar surface area (TPSA) is 80.5 Å². The van der Waals surface area contributed by atoms with Crippen LogP contribution in [0.1, 0.15) is 13.8 Å². The van der Waals surface area contributed by atoms with Crippen LogP contribution in [0.25, 0.3) is 32.7 Å². The highest BCUT2D eigenvalue weighted by Gasteiger charge is 2.11. The number of rotatable bonds is 2. The number of fused-ring (bicyclic) bond motifs is 1. The zero-order valence-electron chi connectivity index (χ0n) is 13.2. The van der Waals surface area contributed by atoms with Crippen LogP contribution in [0.2, 0.25) is 0 Å².